The molecule has 0 bridgehead atoms. The molecule has 0 N–H and O–H groups in total. The van der Waals surface area contributed by atoms with Crippen LogP contribution in [0.15, 0.2) is 29.4 Å². The van der Waals surface area contributed by atoms with Crippen molar-refractivity contribution in [2.75, 3.05) is 13.8 Å². The molecule has 1 aromatic rings. The third-order valence-corrected chi connectivity index (χ3v) is 2.37. The van der Waals surface area contributed by atoms with Gasteiger partial charge in [0.25, 0.3) is 0 Å². The number of azide groups is 1. The second-order valence-corrected chi connectivity index (χ2v) is 3.35. The molecule has 17 heavy (non-hydrogen) atoms. The summed E-state index contributed by atoms with van der Waals surface area (Å²) in [5, 5.41) is 3.37. The maximum Gasteiger partial charge on any atom is 0.101 e. The lowest BCUT2D eigenvalue weighted by atomic mass is 10.0. The van der Waals surface area contributed by atoms with Crippen LogP contribution in [0.5, 0.6) is 0 Å². The van der Waals surface area contributed by atoms with E-state index in [2.05, 4.69) is 15.9 Å². The van der Waals surface area contributed by atoms with E-state index in [4.69, 9.17) is 16.7 Å². The number of hydrogen-bond donors (Lipinski definition) is 0. The highest BCUT2D eigenvalue weighted by Gasteiger charge is 2.21. The maximum atomic E-state index is 12.7. The minimum atomic E-state index is -0.873. The summed E-state index contributed by atoms with van der Waals surface area (Å²) in [7, 11) is 1.44. The lowest BCUT2D eigenvalue weighted by Crippen LogP contribution is -2.20. The normalized spacial score (nSPS) is 13.2. The minimum Gasteiger partial charge on any atom is -0.376 e. The molecule has 0 aliphatic heterocycles. The monoisotopic (exact) mass is 233 g/mol. The number of alkyl halides is 1. The van der Waals surface area contributed by atoms with Crippen molar-refractivity contribution in [2.24, 2.45) is 5.11 Å². The van der Waals surface area contributed by atoms with E-state index in [1.807, 2.05) is 0 Å². The van der Waals surface area contributed by atoms with Crippen molar-refractivity contribution in [3.8, 4) is 12.3 Å². The summed E-state index contributed by atoms with van der Waals surface area (Å²) in [5.41, 5.74) is 9.80. The summed E-state index contributed by atoms with van der Waals surface area (Å²) >= 11 is 0. The smallest absolute Gasteiger partial charge is 0.101 e. The number of methoxy groups -OCH3 is 1. The van der Waals surface area contributed by atoms with E-state index in [1.165, 1.54) is 7.11 Å². The molecule has 0 saturated carbocycles. The molecule has 0 aliphatic rings. The summed E-state index contributed by atoms with van der Waals surface area (Å²) in [5.74, 6) is 2.48. The van der Waals surface area contributed by atoms with Crippen LogP contribution in [-0.4, -0.2) is 19.8 Å². The van der Waals surface area contributed by atoms with Crippen LogP contribution in [0.4, 0.5) is 4.39 Å². The molecule has 0 spiro atoms. The molecule has 1 rings (SSSR count). The SMILES string of the molecule is C#Cc1ccc([C@@H](OC)[C@@H](CF)N=[N+]=[N-])cc1. The number of halogens is 1. The van der Waals surface area contributed by atoms with Crippen LogP contribution >= 0.6 is 0 Å². The largest absolute Gasteiger partial charge is 0.376 e. The van der Waals surface area contributed by atoms with Crippen molar-refractivity contribution in [2.45, 2.75) is 12.1 Å². The van der Waals surface area contributed by atoms with E-state index >= 15 is 0 Å². The minimum absolute atomic E-state index is 0.609. The summed E-state index contributed by atoms with van der Waals surface area (Å²) in [6, 6.07) is 6.05. The van der Waals surface area contributed by atoms with Gasteiger partial charge in [0.15, 0.2) is 0 Å². The Kier molecular flexibility index (Phi) is 5.02. The molecule has 0 unspecified atom stereocenters. The predicted molar refractivity (Wildman–Crippen MR) is 63.0 cm³/mol. The second-order valence-electron chi connectivity index (χ2n) is 3.35. The van der Waals surface area contributed by atoms with E-state index in [1.54, 1.807) is 24.3 Å². The molecule has 0 amide bonds. The number of hydrogen-bond acceptors (Lipinski definition) is 2. The summed E-state index contributed by atoms with van der Waals surface area (Å²) in [6.07, 6.45) is 4.63. The fraction of sp³-hybridized carbons (Fsp3) is 0.333. The molecule has 0 aliphatic carbocycles. The highest BCUT2D eigenvalue weighted by molar-refractivity contribution is 5.35. The van der Waals surface area contributed by atoms with Gasteiger partial charge in [0.05, 0.1) is 12.1 Å². The van der Waals surface area contributed by atoms with Crippen LogP contribution < -0.4 is 0 Å². The average Bonchev–Trinajstić information content (AvgIpc) is 2.39. The Morgan fingerprint density at radius 3 is 2.59 bits per heavy atom. The van der Waals surface area contributed by atoms with Gasteiger partial charge < -0.3 is 4.74 Å². The Balaban J connectivity index is 3.00. The zero-order valence-corrected chi connectivity index (χ0v) is 9.38. The van der Waals surface area contributed by atoms with Crippen molar-refractivity contribution >= 4 is 0 Å². The molecular formula is C12H12FN3O. The van der Waals surface area contributed by atoms with Gasteiger partial charge >= 0.3 is 0 Å². The van der Waals surface area contributed by atoms with E-state index in [0.717, 1.165) is 11.1 Å². The fourth-order valence-electron chi connectivity index (χ4n) is 1.52. The zero-order valence-electron chi connectivity index (χ0n) is 9.38. The first-order valence-electron chi connectivity index (χ1n) is 4.96. The highest BCUT2D eigenvalue weighted by Crippen LogP contribution is 2.23. The van der Waals surface area contributed by atoms with Gasteiger partial charge in [-0.3, -0.25) is 4.39 Å². The Labute approximate surface area is 99.0 Å². The summed E-state index contributed by atoms with van der Waals surface area (Å²) in [6.45, 7) is -0.778. The number of rotatable bonds is 5. The van der Waals surface area contributed by atoms with Crippen molar-refractivity contribution < 1.29 is 9.13 Å². The number of ether oxygens (including phenoxy) is 1. The molecular weight excluding hydrogens is 221 g/mol. The highest BCUT2D eigenvalue weighted by atomic mass is 19.1. The lowest BCUT2D eigenvalue weighted by molar-refractivity contribution is 0.0722. The number of benzene rings is 1. The first-order valence-corrected chi connectivity index (χ1v) is 4.96. The third-order valence-electron chi connectivity index (χ3n) is 2.37. The Morgan fingerprint density at radius 2 is 2.18 bits per heavy atom. The summed E-state index contributed by atoms with van der Waals surface area (Å²) in [4.78, 5) is 2.61. The van der Waals surface area contributed by atoms with Crippen molar-refractivity contribution in [3.05, 3.63) is 45.8 Å². The molecule has 4 nitrogen and oxygen atoms in total. The Morgan fingerprint density at radius 1 is 1.53 bits per heavy atom. The standard InChI is InChI=1S/C12H12FN3O/c1-3-9-4-6-10(7-5-9)12(17-2)11(8-13)15-16-14/h1,4-7,11-12H,8H2,2H3/t11-,12-/m1/s1. The average molecular weight is 233 g/mol. The molecule has 0 heterocycles. The topological polar surface area (TPSA) is 58.0 Å². The lowest BCUT2D eigenvalue weighted by Gasteiger charge is -2.20. The van der Waals surface area contributed by atoms with Crippen LogP contribution in [-0.2, 0) is 4.74 Å². The fourth-order valence-corrected chi connectivity index (χ4v) is 1.52. The van der Waals surface area contributed by atoms with Gasteiger partial charge in [-0.25, -0.2) is 0 Å². The molecule has 0 saturated heterocycles. The van der Waals surface area contributed by atoms with Crippen LogP contribution in [0.25, 0.3) is 10.4 Å². The van der Waals surface area contributed by atoms with Gasteiger partial charge in [-0.15, -0.1) is 6.42 Å². The molecule has 5 heteroatoms. The van der Waals surface area contributed by atoms with Gasteiger partial charge in [0.1, 0.15) is 6.67 Å². The zero-order chi connectivity index (χ0) is 12.7. The van der Waals surface area contributed by atoms with Crippen LogP contribution in [0.3, 0.4) is 0 Å². The molecule has 88 valence electrons. The molecule has 1 aromatic carbocycles. The quantitative estimate of drug-likeness (QED) is 0.334. The molecule has 0 aromatic heterocycles. The first kappa shape index (κ1) is 13.0. The van der Waals surface area contributed by atoms with Gasteiger partial charge in [-0.1, -0.05) is 23.2 Å². The number of terminal acetylenes is 1. The van der Waals surface area contributed by atoms with Gasteiger partial charge in [0.2, 0.25) is 0 Å². The van der Waals surface area contributed by atoms with Gasteiger partial charge in [-0.2, -0.15) is 0 Å². The van der Waals surface area contributed by atoms with E-state index in [0.29, 0.717) is 0 Å². The third kappa shape index (κ3) is 3.22. The molecule has 2 atom stereocenters. The van der Waals surface area contributed by atoms with Crippen molar-refractivity contribution in [3.63, 3.8) is 0 Å². The first-order chi connectivity index (χ1) is 8.26. The Hall–Kier alpha value is -2.02. The van der Waals surface area contributed by atoms with Gasteiger partial charge in [0, 0.05) is 17.6 Å². The second kappa shape index (κ2) is 6.54. The van der Waals surface area contributed by atoms with E-state index in [-0.39, 0.29) is 0 Å². The van der Waals surface area contributed by atoms with Gasteiger partial charge in [-0.05, 0) is 23.2 Å². The van der Waals surface area contributed by atoms with Crippen LogP contribution in [0.1, 0.15) is 17.2 Å². The maximum absolute atomic E-state index is 12.7. The van der Waals surface area contributed by atoms with Crippen molar-refractivity contribution in [1.29, 1.82) is 0 Å². The number of nitrogens with zero attached hydrogens (tertiary/aromatic N) is 3. The van der Waals surface area contributed by atoms with E-state index < -0.39 is 18.8 Å². The molecule has 0 radical (unpaired) electrons. The van der Waals surface area contributed by atoms with Crippen LogP contribution in [0, 0.1) is 12.3 Å². The predicted octanol–water partition coefficient (Wildman–Crippen LogP) is 3.00. The van der Waals surface area contributed by atoms with Crippen LogP contribution in [0.2, 0.25) is 0 Å². The molecule has 0 fully saturated rings. The Bertz CT molecular complexity index is 446. The van der Waals surface area contributed by atoms with E-state index in [9.17, 15) is 4.39 Å². The van der Waals surface area contributed by atoms with Crippen molar-refractivity contribution in [1.82, 2.24) is 0 Å². The summed E-state index contributed by atoms with van der Waals surface area (Å²) < 4.78 is 17.9.